The molecule has 0 spiro atoms. The molecule has 1 aliphatic rings. The number of nitrogens with zero attached hydrogens (tertiary/aromatic N) is 2. The maximum atomic E-state index is 11.2. The summed E-state index contributed by atoms with van der Waals surface area (Å²) in [5.41, 5.74) is 2.23. The van der Waals surface area contributed by atoms with Crippen LogP contribution in [0.3, 0.4) is 0 Å². The topological polar surface area (TPSA) is 82.5 Å². The summed E-state index contributed by atoms with van der Waals surface area (Å²) in [4.78, 5) is 28.6. The van der Waals surface area contributed by atoms with Crippen LogP contribution >= 0.6 is 0 Å². The van der Waals surface area contributed by atoms with Gasteiger partial charge in [0.05, 0.1) is 5.52 Å². The lowest BCUT2D eigenvalue weighted by Crippen LogP contribution is -2.50. The second-order valence-electron chi connectivity index (χ2n) is 6.08. The second kappa shape index (κ2) is 6.24. The number of carbonyl (C=O) groups is 2. The van der Waals surface area contributed by atoms with E-state index in [0.29, 0.717) is 23.5 Å². The van der Waals surface area contributed by atoms with Gasteiger partial charge in [0.2, 0.25) is 0 Å². The first-order valence-electron chi connectivity index (χ1n) is 7.66. The highest BCUT2D eigenvalue weighted by Crippen LogP contribution is 2.31. The molecule has 2 heterocycles. The number of rotatable bonds is 3. The minimum atomic E-state index is -0.994. The molecule has 6 heteroatoms. The fourth-order valence-corrected chi connectivity index (χ4v) is 3.38. The van der Waals surface area contributed by atoms with Crippen LogP contribution in [-0.4, -0.2) is 41.6 Å². The van der Waals surface area contributed by atoms with Gasteiger partial charge in [0.25, 0.3) is 0 Å². The fraction of sp³-hybridized carbons (Fsp3) is 0.353. The van der Waals surface area contributed by atoms with E-state index in [1.807, 2.05) is 18.2 Å². The van der Waals surface area contributed by atoms with Crippen molar-refractivity contribution in [3.63, 3.8) is 0 Å². The van der Waals surface area contributed by atoms with Crippen LogP contribution in [0.5, 0.6) is 0 Å². The summed E-state index contributed by atoms with van der Waals surface area (Å²) < 4.78 is 0. The number of carbonyl (C=O) groups excluding carboxylic acids is 1. The van der Waals surface area contributed by atoms with Crippen molar-refractivity contribution in [1.29, 1.82) is 0 Å². The summed E-state index contributed by atoms with van der Waals surface area (Å²) >= 11 is 0. The normalized spacial score (nSPS) is 21.2. The molecule has 6 nitrogen and oxygen atoms in total. The number of carboxylic acid groups (broad SMARTS) is 1. The van der Waals surface area contributed by atoms with Crippen LogP contribution in [-0.2, 0) is 0 Å². The van der Waals surface area contributed by atoms with Crippen LogP contribution in [0.2, 0.25) is 0 Å². The minimum absolute atomic E-state index is 0.103. The van der Waals surface area contributed by atoms with Crippen molar-refractivity contribution >= 4 is 29.0 Å². The lowest BCUT2D eigenvalue weighted by atomic mass is 9.94. The minimum Gasteiger partial charge on any atom is -0.465 e. The van der Waals surface area contributed by atoms with Crippen molar-refractivity contribution in [2.45, 2.75) is 19.4 Å². The Morgan fingerprint density at radius 1 is 1.39 bits per heavy atom. The summed E-state index contributed by atoms with van der Waals surface area (Å²) in [6.45, 7) is 3.58. The molecule has 2 aromatic rings. The summed E-state index contributed by atoms with van der Waals surface area (Å²) in [6, 6.07) is 7.39. The van der Waals surface area contributed by atoms with Gasteiger partial charge in [-0.3, -0.25) is 9.78 Å². The van der Waals surface area contributed by atoms with E-state index in [1.165, 1.54) is 0 Å². The molecular weight excluding hydrogens is 294 g/mol. The Hall–Kier alpha value is -2.63. The smallest absolute Gasteiger partial charge is 0.404 e. The average molecular weight is 313 g/mol. The van der Waals surface area contributed by atoms with Crippen molar-refractivity contribution in [2.24, 2.45) is 5.92 Å². The van der Waals surface area contributed by atoms with Crippen LogP contribution in [0.1, 0.15) is 23.7 Å². The Bertz CT molecular complexity index is 747. The molecule has 120 valence electrons. The summed E-state index contributed by atoms with van der Waals surface area (Å²) in [5, 5.41) is 12.5. The quantitative estimate of drug-likeness (QED) is 0.851. The number of piperidine rings is 1. The third-order valence-electron chi connectivity index (χ3n) is 4.23. The molecule has 1 aromatic heterocycles. The Morgan fingerprint density at radius 2 is 2.22 bits per heavy atom. The molecular formula is C17H19N3O3. The maximum Gasteiger partial charge on any atom is 0.404 e. The molecule has 0 aliphatic carbocycles. The van der Waals surface area contributed by atoms with Crippen LogP contribution in [0.4, 0.5) is 10.5 Å². The number of hydrogen-bond donors (Lipinski definition) is 2. The van der Waals surface area contributed by atoms with Gasteiger partial charge in [0.15, 0.2) is 6.29 Å². The standard InChI is InChI=1S/C17H19N3O3/c1-11-7-13(19-17(22)23)9-20(8-11)15-5-4-12(10-21)16-14(15)3-2-6-18-16/h2-6,10-11,13,19H,7-9H2,1H3,(H,22,23)/t11-,13+/m0/s1. The number of anilines is 1. The largest absolute Gasteiger partial charge is 0.465 e. The summed E-state index contributed by atoms with van der Waals surface area (Å²) in [6.07, 6.45) is 2.32. The molecule has 1 fully saturated rings. The SMILES string of the molecule is C[C@H]1C[C@@H](NC(=O)O)CN(c2ccc(C=O)c3ncccc23)C1. The molecule has 23 heavy (non-hydrogen) atoms. The maximum absolute atomic E-state index is 11.2. The lowest BCUT2D eigenvalue weighted by molar-refractivity contribution is 0.112. The predicted octanol–water partition coefficient (Wildman–Crippen LogP) is 2.53. The first-order valence-corrected chi connectivity index (χ1v) is 7.66. The van der Waals surface area contributed by atoms with E-state index in [-0.39, 0.29) is 6.04 Å². The van der Waals surface area contributed by atoms with Gasteiger partial charge < -0.3 is 15.3 Å². The number of hydrogen-bond acceptors (Lipinski definition) is 4. The number of aldehydes is 1. The number of benzene rings is 1. The molecule has 2 atom stereocenters. The van der Waals surface area contributed by atoms with Gasteiger partial charge >= 0.3 is 6.09 Å². The van der Waals surface area contributed by atoms with Crippen LogP contribution < -0.4 is 10.2 Å². The van der Waals surface area contributed by atoms with Crippen LogP contribution in [0, 0.1) is 5.92 Å². The van der Waals surface area contributed by atoms with Gasteiger partial charge in [-0.25, -0.2) is 4.79 Å². The van der Waals surface area contributed by atoms with E-state index in [2.05, 4.69) is 22.1 Å². The van der Waals surface area contributed by atoms with E-state index in [0.717, 1.165) is 30.3 Å². The Morgan fingerprint density at radius 3 is 2.96 bits per heavy atom. The summed E-state index contributed by atoms with van der Waals surface area (Å²) in [5.74, 6) is 0.373. The third-order valence-corrected chi connectivity index (χ3v) is 4.23. The van der Waals surface area contributed by atoms with Gasteiger partial charge in [0, 0.05) is 42.0 Å². The van der Waals surface area contributed by atoms with Crippen molar-refractivity contribution < 1.29 is 14.7 Å². The van der Waals surface area contributed by atoms with Gasteiger partial charge in [-0.05, 0) is 36.6 Å². The lowest BCUT2D eigenvalue weighted by Gasteiger charge is -2.38. The number of nitrogens with one attached hydrogen (secondary N) is 1. The van der Waals surface area contributed by atoms with Gasteiger partial charge in [-0.1, -0.05) is 6.92 Å². The summed E-state index contributed by atoms with van der Waals surface area (Å²) in [7, 11) is 0. The van der Waals surface area contributed by atoms with E-state index < -0.39 is 6.09 Å². The highest BCUT2D eigenvalue weighted by Gasteiger charge is 2.27. The highest BCUT2D eigenvalue weighted by molar-refractivity contribution is 6.01. The van der Waals surface area contributed by atoms with Crippen LogP contribution in [0.25, 0.3) is 10.9 Å². The number of amides is 1. The first-order chi connectivity index (χ1) is 11.1. The molecule has 2 N–H and O–H groups in total. The van der Waals surface area contributed by atoms with Gasteiger partial charge in [-0.2, -0.15) is 0 Å². The molecule has 0 unspecified atom stereocenters. The van der Waals surface area contributed by atoms with E-state index in [1.54, 1.807) is 12.3 Å². The molecule has 3 rings (SSSR count). The highest BCUT2D eigenvalue weighted by atomic mass is 16.4. The Kier molecular flexibility index (Phi) is 4.14. The van der Waals surface area contributed by atoms with Crippen molar-refractivity contribution in [2.75, 3.05) is 18.0 Å². The van der Waals surface area contributed by atoms with E-state index in [9.17, 15) is 9.59 Å². The predicted molar refractivity (Wildman–Crippen MR) is 88.1 cm³/mol. The molecule has 1 aromatic carbocycles. The zero-order valence-electron chi connectivity index (χ0n) is 12.9. The van der Waals surface area contributed by atoms with E-state index >= 15 is 0 Å². The Balaban J connectivity index is 1.99. The number of pyridine rings is 1. The second-order valence-corrected chi connectivity index (χ2v) is 6.08. The average Bonchev–Trinajstić information content (AvgIpc) is 2.52. The monoisotopic (exact) mass is 313 g/mol. The van der Waals surface area contributed by atoms with Crippen molar-refractivity contribution in [1.82, 2.24) is 10.3 Å². The van der Waals surface area contributed by atoms with Crippen LogP contribution in [0.15, 0.2) is 30.5 Å². The molecule has 0 radical (unpaired) electrons. The third kappa shape index (κ3) is 3.11. The van der Waals surface area contributed by atoms with Gasteiger partial charge in [-0.15, -0.1) is 0 Å². The zero-order chi connectivity index (χ0) is 16.4. The molecule has 1 amide bonds. The zero-order valence-corrected chi connectivity index (χ0v) is 12.9. The molecule has 1 aliphatic heterocycles. The number of fused-ring (bicyclic) bond motifs is 1. The van der Waals surface area contributed by atoms with Gasteiger partial charge in [0.1, 0.15) is 0 Å². The first kappa shape index (κ1) is 15.3. The molecule has 0 saturated carbocycles. The molecule has 1 saturated heterocycles. The van der Waals surface area contributed by atoms with E-state index in [4.69, 9.17) is 5.11 Å². The van der Waals surface area contributed by atoms with Crippen molar-refractivity contribution in [3.05, 3.63) is 36.0 Å². The molecule has 0 bridgehead atoms. The number of aromatic nitrogens is 1. The Labute approximate surface area is 134 Å². The fourth-order valence-electron chi connectivity index (χ4n) is 3.38. The van der Waals surface area contributed by atoms with Crippen molar-refractivity contribution in [3.8, 4) is 0 Å².